The zero-order valence-corrected chi connectivity index (χ0v) is 18.1. The van der Waals surface area contributed by atoms with Crippen LogP contribution < -0.4 is 5.32 Å². The van der Waals surface area contributed by atoms with Crippen LogP contribution in [0.2, 0.25) is 0 Å². The predicted molar refractivity (Wildman–Crippen MR) is 114 cm³/mol. The second-order valence-electron chi connectivity index (χ2n) is 7.00. The van der Waals surface area contributed by atoms with E-state index in [9.17, 15) is 14.4 Å². The molecule has 0 unspecified atom stereocenters. The molecule has 1 aromatic heterocycles. The molecule has 1 heterocycles. The van der Waals surface area contributed by atoms with E-state index < -0.39 is 11.9 Å². The lowest BCUT2D eigenvalue weighted by atomic mass is 10.1. The van der Waals surface area contributed by atoms with Gasteiger partial charge in [-0.2, -0.15) is 0 Å². The Balaban J connectivity index is 2.17. The largest absolute Gasteiger partial charge is 0.462 e. The fourth-order valence-electron chi connectivity index (χ4n) is 2.77. The number of carbonyl (C=O) groups is 3. The second-order valence-corrected chi connectivity index (χ2v) is 8.02. The van der Waals surface area contributed by atoms with Gasteiger partial charge >= 0.3 is 11.9 Å². The topological polar surface area (TPSA) is 81.7 Å². The molecule has 0 spiro atoms. The molecule has 0 saturated carbocycles. The lowest BCUT2D eigenvalue weighted by Crippen LogP contribution is -2.16. The Bertz CT molecular complexity index is 858. The number of rotatable bonds is 9. The zero-order valence-electron chi connectivity index (χ0n) is 17.2. The highest BCUT2D eigenvalue weighted by atomic mass is 32.1. The van der Waals surface area contributed by atoms with Gasteiger partial charge in [-0.25, -0.2) is 9.59 Å². The monoisotopic (exact) mass is 417 g/mol. The van der Waals surface area contributed by atoms with Crippen molar-refractivity contribution in [2.75, 3.05) is 18.5 Å². The summed E-state index contributed by atoms with van der Waals surface area (Å²) in [5.74, 6) is -1.12. The minimum atomic E-state index is -0.565. The molecule has 0 bridgehead atoms. The first-order chi connectivity index (χ1) is 13.8. The molecule has 1 aromatic carbocycles. The van der Waals surface area contributed by atoms with Gasteiger partial charge in [0.2, 0.25) is 5.91 Å². The van der Waals surface area contributed by atoms with E-state index in [4.69, 9.17) is 9.47 Å². The summed E-state index contributed by atoms with van der Waals surface area (Å²) in [5, 5.41) is 3.07. The van der Waals surface area contributed by atoms with Gasteiger partial charge in [0.15, 0.2) is 0 Å². The Morgan fingerprint density at radius 1 is 1.07 bits per heavy atom. The number of hydrogen-bond acceptors (Lipinski definition) is 6. The third kappa shape index (κ3) is 6.42. The first-order valence-corrected chi connectivity index (χ1v) is 10.5. The molecular weight excluding hydrogens is 390 g/mol. The minimum absolute atomic E-state index is 0.171. The molecule has 0 radical (unpaired) electrons. The molecule has 156 valence electrons. The fraction of sp³-hybridized carbons (Fsp3) is 0.409. The lowest BCUT2D eigenvalue weighted by molar-refractivity contribution is -0.116. The quantitative estimate of drug-likeness (QED) is 0.602. The molecule has 0 aliphatic heterocycles. The van der Waals surface area contributed by atoms with Crippen molar-refractivity contribution in [3.63, 3.8) is 0 Å². The van der Waals surface area contributed by atoms with E-state index >= 15 is 0 Å². The number of nitrogens with one attached hydrogen (secondary N) is 1. The number of thiophene rings is 1. The van der Waals surface area contributed by atoms with Crippen molar-refractivity contribution >= 4 is 34.2 Å². The highest BCUT2D eigenvalue weighted by Crippen LogP contribution is 2.34. The fourth-order valence-corrected chi connectivity index (χ4v) is 3.87. The van der Waals surface area contributed by atoms with Crippen molar-refractivity contribution in [2.24, 2.45) is 5.92 Å². The summed E-state index contributed by atoms with van der Waals surface area (Å²) in [6, 6.07) is 9.71. The summed E-state index contributed by atoms with van der Waals surface area (Å²) in [6.07, 6.45) is 0.912. The normalized spacial score (nSPS) is 10.7. The summed E-state index contributed by atoms with van der Waals surface area (Å²) >= 11 is 1.04. The van der Waals surface area contributed by atoms with Crippen LogP contribution in [0.4, 0.5) is 5.00 Å². The third-order valence-corrected chi connectivity index (χ3v) is 5.31. The van der Waals surface area contributed by atoms with Crippen molar-refractivity contribution in [1.29, 1.82) is 0 Å². The number of amides is 1. The molecule has 6 nitrogen and oxygen atoms in total. The van der Waals surface area contributed by atoms with Crippen LogP contribution in [0, 0.1) is 12.8 Å². The first-order valence-electron chi connectivity index (χ1n) is 9.64. The van der Waals surface area contributed by atoms with Crippen LogP contribution in [0.3, 0.4) is 0 Å². The van der Waals surface area contributed by atoms with Crippen LogP contribution in [0.1, 0.15) is 58.3 Å². The van der Waals surface area contributed by atoms with Crippen molar-refractivity contribution in [3.05, 3.63) is 51.9 Å². The van der Waals surface area contributed by atoms with E-state index in [2.05, 4.69) is 5.32 Å². The zero-order chi connectivity index (χ0) is 21.4. The number of esters is 2. The van der Waals surface area contributed by atoms with E-state index in [0.717, 1.165) is 16.9 Å². The predicted octanol–water partition coefficient (Wildman–Crippen LogP) is 4.62. The lowest BCUT2D eigenvalue weighted by Gasteiger charge is -2.08. The summed E-state index contributed by atoms with van der Waals surface area (Å²) < 4.78 is 10.5. The van der Waals surface area contributed by atoms with Gasteiger partial charge in [0, 0.05) is 12.8 Å². The van der Waals surface area contributed by atoms with Gasteiger partial charge in [-0.1, -0.05) is 44.2 Å². The Kier molecular flexibility index (Phi) is 8.39. The van der Waals surface area contributed by atoms with Crippen LogP contribution in [0.25, 0.3) is 0 Å². The Hall–Kier alpha value is -2.67. The maximum Gasteiger partial charge on any atom is 0.348 e. The van der Waals surface area contributed by atoms with E-state index in [1.165, 1.54) is 0 Å². The van der Waals surface area contributed by atoms with Crippen LogP contribution in [0.15, 0.2) is 30.3 Å². The molecule has 2 rings (SSSR count). The molecule has 7 heteroatoms. The molecule has 0 fully saturated rings. The second kappa shape index (κ2) is 10.8. The number of ether oxygens (including phenoxy) is 2. The van der Waals surface area contributed by atoms with Crippen molar-refractivity contribution < 1.29 is 23.9 Å². The SMILES string of the molecule is CCOC(=O)c1c(NC(=O)CC(C)C)sc(C(=O)OCCc2ccccc2)c1C. The molecule has 1 amide bonds. The van der Waals surface area contributed by atoms with E-state index in [1.807, 2.05) is 44.2 Å². The maximum atomic E-state index is 12.6. The highest BCUT2D eigenvalue weighted by Gasteiger charge is 2.27. The summed E-state index contributed by atoms with van der Waals surface area (Å²) in [7, 11) is 0. The van der Waals surface area contributed by atoms with E-state index in [1.54, 1.807) is 13.8 Å². The van der Waals surface area contributed by atoms with Gasteiger partial charge in [0.25, 0.3) is 0 Å². The van der Waals surface area contributed by atoms with Gasteiger partial charge in [0.1, 0.15) is 9.88 Å². The highest BCUT2D eigenvalue weighted by molar-refractivity contribution is 7.18. The number of anilines is 1. The van der Waals surface area contributed by atoms with Gasteiger partial charge in [0.05, 0.1) is 18.8 Å². The Labute approximate surface area is 175 Å². The van der Waals surface area contributed by atoms with Gasteiger partial charge in [-0.3, -0.25) is 4.79 Å². The van der Waals surface area contributed by atoms with E-state index in [-0.39, 0.29) is 30.6 Å². The minimum Gasteiger partial charge on any atom is -0.462 e. The molecule has 0 atom stereocenters. The number of benzene rings is 1. The Morgan fingerprint density at radius 2 is 1.76 bits per heavy atom. The summed E-state index contributed by atoms with van der Waals surface area (Å²) in [5.41, 5.74) is 1.74. The molecule has 0 aliphatic carbocycles. The van der Waals surface area contributed by atoms with Crippen molar-refractivity contribution in [2.45, 2.75) is 40.5 Å². The Morgan fingerprint density at radius 3 is 2.38 bits per heavy atom. The molecule has 0 saturated heterocycles. The van der Waals surface area contributed by atoms with Crippen LogP contribution in [-0.4, -0.2) is 31.1 Å². The molecule has 1 N–H and O–H groups in total. The number of hydrogen-bond donors (Lipinski definition) is 1. The van der Waals surface area contributed by atoms with E-state index in [0.29, 0.717) is 28.3 Å². The molecule has 29 heavy (non-hydrogen) atoms. The average Bonchev–Trinajstić information content (AvgIpc) is 2.98. The summed E-state index contributed by atoms with van der Waals surface area (Å²) in [4.78, 5) is 37.5. The molecular formula is C22H27NO5S. The van der Waals surface area contributed by atoms with Crippen LogP contribution >= 0.6 is 11.3 Å². The maximum absolute atomic E-state index is 12.6. The van der Waals surface area contributed by atoms with Crippen LogP contribution in [0.5, 0.6) is 0 Å². The van der Waals surface area contributed by atoms with Gasteiger partial charge < -0.3 is 14.8 Å². The summed E-state index contributed by atoms with van der Waals surface area (Å²) in [6.45, 7) is 7.65. The molecule has 2 aromatic rings. The van der Waals surface area contributed by atoms with Crippen molar-refractivity contribution in [1.82, 2.24) is 0 Å². The molecule has 0 aliphatic rings. The third-order valence-electron chi connectivity index (χ3n) is 4.13. The average molecular weight is 418 g/mol. The number of carbonyl (C=O) groups excluding carboxylic acids is 3. The van der Waals surface area contributed by atoms with Crippen LogP contribution in [-0.2, 0) is 20.7 Å². The standard InChI is InChI=1S/C22H27NO5S/c1-5-27-21(25)18-15(4)19(29-20(18)23-17(24)13-14(2)3)22(26)28-12-11-16-9-7-6-8-10-16/h6-10,14H,5,11-13H2,1-4H3,(H,23,24). The first kappa shape index (κ1) is 22.6. The smallest absolute Gasteiger partial charge is 0.348 e. The van der Waals surface area contributed by atoms with Gasteiger partial charge in [-0.05, 0) is 30.9 Å². The van der Waals surface area contributed by atoms with Gasteiger partial charge in [-0.15, -0.1) is 11.3 Å². The van der Waals surface area contributed by atoms with Crippen molar-refractivity contribution in [3.8, 4) is 0 Å².